The van der Waals surface area contributed by atoms with E-state index in [0.29, 0.717) is 19.3 Å². The van der Waals surface area contributed by atoms with Crippen LogP contribution in [0.1, 0.15) is 51.9 Å². The van der Waals surface area contributed by atoms with Gasteiger partial charge in [0.15, 0.2) is 5.78 Å². The van der Waals surface area contributed by atoms with Crippen molar-refractivity contribution in [1.29, 1.82) is 0 Å². The average Bonchev–Trinajstić information content (AvgIpc) is 2.88. The Hall–Kier alpha value is -1.90. The minimum atomic E-state index is -0.180. The molecule has 2 aliphatic rings. The molecule has 1 aliphatic heterocycles. The fourth-order valence-corrected chi connectivity index (χ4v) is 2.88. The molecule has 0 bridgehead atoms. The molecular formula is C20H26O3. The third-order valence-electron chi connectivity index (χ3n) is 4.17. The van der Waals surface area contributed by atoms with Crippen molar-refractivity contribution in [3.05, 3.63) is 48.1 Å². The lowest BCUT2D eigenvalue weighted by molar-refractivity contribution is -0.148. The Labute approximate surface area is 138 Å². The van der Waals surface area contributed by atoms with E-state index in [1.54, 1.807) is 6.08 Å². The second kappa shape index (κ2) is 9.29. The highest BCUT2D eigenvalue weighted by atomic mass is 16.5. The molecule has 0 spiro atoms. The summed E-state index contributed by atoms with van der Waals surface area (Å²) in [7, 11) is 0. The molecule has 2 atom stereocenters. The fourth-order valence-electron chi connectivity index (χ4n) is 2.88. The van der Waals surface area contributed by atoms with Gasteiger partial charge in [-0.25, -0.2) is 0 Å². The van der Waals surface area contributed by atoms with E-state index in [1.807, 2.05) is 12.2 Å². The molecule has 0 amide bonds. The highest BCUT2D eigenvalue weighted by Crippen LogP contribution is 2.27. The van der Waals surface area contributed by atoms with Crippen molar-refractivity contribution in [3.63, 3.8) is 0 Å². The molecule has 23 heavy (non-hydrogen) atoms. The van der Waals surface area contributed by atoms with Crippen molar-refractivity contribution >= 4 is 11.8 Å². The van der Waals surface area contributed by atoms with Gasteiger partial charge >= 0.3 is 5.97 Å². The van der Waals surface area contributed by atoms with Crippen molar-refractivity contribution in [2.24, 2.45) is 5.92 Å². The van der Waals surface area contributed by atoms with Gasteiger partial charge in [-0.15, -0.1) is 0 Å². The van der Waals surface area contributed by atoms with Crippen molar-refractivity contribution < 1.29 is 14.3 Å². The van der Waals surface area contributed by atoms with Gasteiger partial charge in [0.2, 0.25) is 0 Å². The first-order valence-electron chi connectivity index (χ1n) is 8.62. The first-order valence-corrected chi connectivity index (χ1v) is 8.62. The number of carbonyl (C=O) groups is 2. The number of cyclic esters (lactones) is 1. The Bertz CT molecular complexity index is 537. The smallest absolute Gasteiger partial charge is 0.306 e. The van der Waals surface area contributed by atoms with Gasteiger partial charge in [-0.1, -0.05) is 43.4 Å². The predicted molar refractivity (Wildman–Crippen MR) is 91.9 cm³/mol. The van der Waals surface area contributed by atoms with Crippen LogP contribution in [0.25, 0.3) is 0 Å². The van der Waals surface area contributed by atoms with Gasteiger partial charge in [0.1, 0.15) is 6.10 Å². The number of allylic oxidation sites excluding steroid dienone is 6. The molecular weight excluding hydrogens is 288 g/mol. The van der Waals surface area contributed by atoms with Crippen molar-refractivity contribution in [2.45, 2.75) is 58.0 Å². The molecule has 0 fully saturated rings. The summed E-state index contributed by atoms with van der Waals surface area (Å²) in [5, 5.41) is 0. The van der Waals surface area contributed by atoms with Gasteiger partial charge < -0.3 is 4.74 Å². The van der Waals surface area contributed by atoms with E-state index in [-0.39, 0.29) is 23.8 Å². The molecule has 3 heteroatoms. The van der Waals surface area contributed by atoms with E-state index in [1.165, 1.54) is 0 Å². The Morgan fingerprint density at radius 1 is 1.22 bits per heavy atom. The number of carbonyl (C=O) groups excluding carboxylic acids is 2. The lowest BCUT2D eigenvalue weighted by Gasteiger charge is -2.16. The van der Waals surface area contributed by atoms with Crippen LogP contribution in [0.15, 0.2) is 48.1 Å². The number of esters is 1. The zero-order chi connectivity index (χ0) is 16.5. The van der Waals surface area contributed by atoms with Gasteiger partial charge in [0.25, 0.3) is 0 Å². The normalized spacial score (nSPS) is 29.9. The highest BCUT2D eigenvalue weighted by Gasteiger charge is 2.23. The third kappa shape index (κ3) is 5.66. The minimum absolute atomic E-state index is 0.0902. The molecule has 2 rings (SSSR count). The van der Waals surface area contributed by atoms with Crippen LogP contribution < -0.4 is 0 Å². The fraction of sp³-hybridized carbons (Fsp3) is 0.500. The maximum absolute atomic E-state index is 12.0. The van der Waals surface area contributed by atoms with Crippen molar-refractivity contribution in [3.8, 4) is 0 Å². The Balaban J connectivity index is 2.12. The number of rotatable bonds is 3. The largest absolute Gasteiger partial charge is 0.462 e. The molecule has 0 aromatic rings. The summed E-state index contributed by atoms with van der Waals surface area (Å²) in [5.74, 6) is 0.118. The second-order valence-corrected chi connectivity index (χ2v) is 6.05. The lowest BCUT2D eigenvalue weighted by atomic mass is 9.96. The zero-order valence-corrected chi connectivity index (χ0v) is 13.9. The van der Waals surface area contributed by atoms with Gasteiger partial charge in [-0.2, -0.15) is 0 Å². The summed E-state index contributed by atoms with van der Waals surface area (Å²) in [6.45, 7) is 2.08. The summed E-state index contributed by atoms with van der Waals surface area (Å²) in [6.07, 6.45) is 19.0. The van der Waals surface area contributed by atoms with E-state index in [9.17, 15) is 9.59 Å². The van der Waals surface area contributed by atoms with Crippen LogP contribution in [0.4, 0.5) is 0 Å². The average molecular weight is 314 g/mol. The molecule has 0 radical (unpaired) electrons. The number of fused-ring (bicyclic) bond motifs is 1. The topological polar surface area (TPSA) is 43.4 Å². The maximum Gasteiger partial charge on any atom is 0.306 e. The van der Waals surface area contributed by atoms with Gasteiger partial charge in [-0.3, -0.25) is 9.59 Å². The lowest BCUT2D eigenvalue weighted by Crippen LogP contribution is -2.17. The van der Waals surface area contributed by atoms with Crippen LogP contribution in [-0.2, 0) is 14.3 Å². The summed E-state index contributed by atoms with van der Waals surface area (Å²) in [4.78, 5) is 24.0. The molecule has 1 heterocycles. The molecule has 3 nitrogen and oxygen atoms in total. The molecule has 0 N–H and O–H groups in total. The van der Waals surface area contributed by atoms with Gasteiger partial charge in [0.05, 0.1) is 0 Å². The summed E-state index contributed by atoms with van der Waals surface area (Å²) < 4.78 is 5.60. The molecule has 0 aromatic carbocycles. The standard InChI is InChI=1S/C20H26O3/c1-2-3-6-10-17-13-14-18-16(12-15-19(18)21)9-7-4-5-8-11-20(22)23-17/h3-4,6-7,12,14-17H,2,5,8-11,13H2,1H3/b6-3-,7-4-,18-14+/t16?,17-/m1/s1. The van der Waals surface area contributed by atoms with Crippen LogP contribution in [-0.4, -0.2) is 17.9 Å². The Morgan fingerprint density at radius 2 is 2.09 bits per heavy atom. The molecule has 0 saturated carbocycles. The van der Waals surface area contributed by atoms with Crippen LogP contribution in [0.5, 0.6) is 0 Å². The van der Waals surface area contributed by atoms with Crippen molar-refractivity contribution in [1.82, 2.24) is 0 Å². The van der Waals surface area contributed by atoms with E-state index < -0.39 is 0 Å². The van der Waals surface area contributed by atoms with E-state index in [0.717, 1.165) is 31.3 Å². The number of hydrogen-bond donors (Lipinski definition) is 0. The second-order valence-electron chi connectivity index (χ2n) is 6.05. The summed E-state index contributed by atoms with van der Waals surface area (Å²) in [5.41, 5.74) is 0.842. The summed E-state index contributed by atoms with van der Waals surface area (Å²) in [6, 6.07) is 0. The molecule has 0 saturated heterocycles. The van der Waals surface area contributed by atoms with Gasteiger partial charge in [-0.05, 0) is 31.8 Å². The first kappa shape index (κ1) is 17.5. The minimum Gasteiger partial charge on any atom is -0.462 e. The van der Waals surface area contributed by atoms with Gasteiger partial charge in [0, 0.05) is 30.8 Å². The van der Waals surface area contributed by atoms with E-state index in [4.69, 9.17) is 4.74 Å². The SMILES string of the molecule is CC/C=C\C[C@@H]1C/C=C2/C(=O)C=CC2C/C=C\CCCC(=O)O1. The first-order chi connectivity index (χ1) is 11.2. The maximum atomic E-state index is 12.0. The molecule has 1 aliphatic carbocycles. The number of ketones is 1. The molecule has 1 unspecified atom stereocenters. The van der Waals surface area contributed by atoms with E-state index in [2.05, 4.69) is 31.2 Å². The Kier molecular flexibility index (Phi) is 7.05. The van der Waals surface area contributed by atoms with Crippen LogP contribution >= 0.6 is 0 Å². The number of hydrogen-bond acceptors (Lipinski definition) is 3. The van der Waals surface area contributed by atoms with Crippen LogP contribution in [0.3, 0.4) is 0 Å². The Morgan fingerprint density at radius 3 is 2.91 bits per heavy atom. The van der Waals surface area contributed by atoms with E-state index >= 15 is 0 Å². The molecule has 124 valence electrons. The highest BCUT2D eigenvalue weighted by molar-refractivity contribution is 6.07. The van der Waals surface area contributed by atoms with Crippen LogP contribution in [0.2, 0.25) is 0 Å². The zero-order valence-electron chi connectivity index (χ0n) is 13.9. The monoisotopic (exact) mass is 314 g/mol. The quantitative estimate of drug-likeness (QED) is 0.571. The molecule has 0 aromatic heterocycles. The third-order valence-corrected chi connectivity index (χ3v) is 4.17. The van der Waals surface area contributed by atoms with Crippen molar-refractivity contribution in [2.75, 3.05) is 0 Å². The predicted octanol–water partition coefficient (Wildman–Crippen LogP) is 4.46. The van der Waals surface area contributed by atoms with Crippen LogP contribution in [0, 0.1) is 5.92 Å². The number of ether oxygens (including phenoxy) is 1. The summed E-state index contributed by atoms with van der Waals surface area (Å²) >= 11 is 0.